The van der Waals surface area contributed by atoms with Crippen LogP contribution in [0.25, 0.3) is 0 Å². The molecule has 1 heterocycles. The van der Waals surface area contributed by atoms with Crippen LogP contribution < -0.4 is 10.6 Å². The molecule has 5 heteroatoms. The molecule has 1 aromatic heterocycles. The summed E-state index contributed by atoms with van der Waals surface area (Å²) in [5.74, 6) is 0.991. The topological polar surface area (TPSA) is 70.8 Å². The van der Waals surface area contributed by atoms with E-state index in [-0.39, 0.29) is 0 Å². The van der Waals surface area contributed by atoms with Crippen molar-refractivity contribution in [1.29, 1.82) is 0 Å². The van der Waals surface area contributed by atoms with E-state index >= 15 is 0 Å². The number of rotatable bonds is 2. The molecule has 3 N–H and O–H groups in total. The molecule has 0 saturated carbocycles. The number of nitrogens with two attached hydrogens (primary N) is 1. The van der Waals surface area contributed by atoms with Crippen LogP contribution in [-0.4, -0.2) is 28.3 Å². The second-order valence-electron chi connectivity index (χ2n) is 2.73. The van der Waals surface area contributed by atoms with Crippen LogP contribution in [0.3, 0.4) is 0 Å². The third kappa shape index (κ3) is 1.60. The molecule has 0 aliphatic heterocycles. The minimum absolute atomic E-state index is 0.354. The van der Waals surface area contributed by atoms with Crippen LogP contribution in [0.1, 0.15) is 13.8 Å². The molecule has 62 valence electrons. The van der Waals surface area contributed by atoms with Gasteiger partial charge in [-0.25, -0.2) is 5.10 Å². The van der Waals surface area contributed by atoms with Crippen molar-refractivity contribution in [3.8, 4) is 0 Å². The average Bonchev–Trinajstić information content (AvgIpc) is 2.34. The van der Waals surface area contributed by atoms with Gasteiger partial charge in [0.15, 0.2) is 0 Å². The zero-order chi connectivity index (χ0) is 8.43. The van der Waals surface area contributed by atoms with Crippen molar-refractivity contribution in [1.82, 2.24) is 15.2 Å². The lowest BCUT2D eigenvalue weighted by molar-refractivity contribution is 0.731. The number of aromatic amines is 1. The SMILES string of the molecule is CC(C)N(C)c1n[nH]c(N)n1. The number of hydrogen-bond acceptors (Lipinski definition) is 4. The molecular formula is C6H13N5. The number of nitrogens with zero attached hydrogens (tertiary/aromatic N) is 3. The molecule has 1 aromatic rings. The molecule has 0 amide bonds. The fourth-order valence-electron chi connectivity index (χ4n) is 0.654. The fraction of sp³-hybridized carbons (Fsp3) is 0.667. The Bertz CT molecular complexity index is 229. The molecule has 0 radical (unpaired) electrons. The van der Waals surface area contributed by atoms with Crippen LogP contribution in [0.5, 0.6) is 0 Å². The van der Waals surface area contributed by atoms with Gasteiger partial charge in [0, 0.05) is 13.1 Å². The van der Waals surface area contributed by atoms with Gasteiger partial charge in [0.25, 0.3) is 0 Å². The van der Waals surface area contributed by atoms with Gasteiger partial charge in [-0.2, -0.15) is 4.98 Å². The van der Waals surface area contributed by atoms with Crippen LogP contribution in [0.4, 0.5) is 11.9 Å². The van der Waals surface area contributed by atoms with E-state index in [1.165, 1.54) is 0 Å². The van der Waals surface area contributed by atoms with E-state index in [1.807, 2.05) is 11.9 Å². The number of hydrogen-bond donors (Lipinski definition) is 2. The van der Waals surface area contributed by atoms with Crippen LogP contribution >= 0.6 is 0 Å². The molecule has 0 spiro atoms. The van der Waals surface area contributed by atoms with E-state index in [0.29, 0.717) is 17.9 Å². The number of H-pyrrole nitrogens is 1. The molecule has 0 bridgehead atoms. The van der Waals surface area contributed by atoms with E-state index < -0.39 is 0 Å². The normalized spacial score (nSPS) is 10.5. The van der Waals surface area contributed by atoms with Crippen LogP contribution in [0.15, 0.2) is 0 Å². The maximum Gasteiger partial charge on any atom is 0.246 e. The highest BCUT2D eigenvalue weighted by Gasteiger charge is 2.08. The lowest BCUT2D eigenvalue weighted by atomic mass is 10.4. The van der Waals surface area contributed by atoms with Crippen LogP contribution in [0.2, 0.25) is 0 Å². The molecule has 0 aromatic carbocycles. The molecule has 5 nitrogen and oxygen atoms in total. The van der Waals surface area contributed by atoms with Crippen LogP contribution in [-0.2, 0) is 0 Å². The van der Waals surface area contributed by atoms with Crippen molar-refractivity contribution in [2.24, 2.45) is 0 Å². The summed E-state index contributed by atoms with van der Waals surface area (Å²) in [6.07, 6.45) is 0. The number of nitrogens with one attached hydrogen (secondary N) is 1. The monoisotopic (exact) mass is 155 g/mol. The summed E-state index contributed by atoms with van der Waals surface area (Å²) in [5, 5.41) is 6.48. The molecule has 0 aliphatic rings. The second-order valence-corrected chi connectivity index (χ2v) is 2.73. The Morgan fingerprint density at radius 2 is 2.18 bits per heavy atom. The summed E-state index contributed by atoms with van der Waals surface area (Å²) in [6.45, 7) is 4.12. The van der Waals surface area contributed by atoms with Gasteiger partial charge in [0.05, 0.1) is 0 Å². The highest BCUT2D eigenvalue weighted by atomic mass is 15.4. The smallest absolute Gasteiger partial charge is 0.246 e. The highest BCUT2D eigenvalue weighted by molar-refractivity contribution is 5.33. The molecule has 11 heavy (non-hydrogen) atoms. The third-order valence-corrected chi connectivity index (χ3v) is 1.58. The zero-order valence-electron chi connectivity index (χ0n) is 7.00. The average molecular weight is 155 g/mol. The van der Waals surface area contributed by atoms with Gasteiger partial charge >= 0.3 is 0 Å². The highest BCUT2D eigenvalue weighted by Crippen LogP contribution is 2.07. The van der Waals surface area contributed by atoms with Gasteiger partial charge in [-0.05, 0) is 13.8 Å². The van der Waals surface area contributed by atoms with E-state index in [1.54, 1.807) is 0 Å². The molecule has 0 aliphatic carbocycles. The van der Waals surface area contributed by atoms with Gasteiger partial charge in [-0.3, -0.25) is 0 Å². The maximum atomic E-state index is 5.36. The first-order valence-electron chi connectivity index (χ1n) is 3.52. The zero-order valence-corrected chi connectivity index (χ0v) is 7.00. The minimum Gasteiger partial charge on any atom is -0.368 e. The Labute approximate surface area is 65.6 Å². The summed E-state index contributed by atoms with van der Waals surface area (Å²) >= 11 is 0. The minimum atomic E-state index is 0.354. The molecule has 0 saturated heterocycles. The van der Waals surface area contributed by atoms with Gasteiger partial charge < -0.3 is 10.6 Å². The van der Waals surface area contributed by atoms with E-state index in [2.05, 4.69) is 29.0 Å². The molecular weight excluding hydrogens is 142 g/mol. The molecule has 0 atom stereocenters. The van der Waals surface area contributed by atoms with Crippen molar-refractivity contribution in [2.45, 2.75) is 19.9 Å². The second kappa shape index (κ2) is 2.77. The Kier molecular flexibility index (Phi) is 1.98. The number of aromatic nitrogens is 3. The van der Waals surface area contributed by atoms with Crippen molar-refractivity contribution < 1.29 is 0 Å². The van der Waals surface area contributed by atoms with Gasteiger partial charge in [0.2, 0.25) is 11.9 Å². The van der Waals surface area contributed by atoms with Crippen molar-refractivity contribution >= 4 is 11.9 Å². The Morgan fingerprint density at radius 1 is 1.55 bits per heavy atom. The number of nitrogen functional groups attached to an aromatic ring is 1. The van der Waals surface area contributed by atoms with Crippen molar-refractivity contribution in [2.75, 3.05) is 17.7 Å². The van der Waals surface area contributed by atoms with Crippen LogP contribution in [0, 0.1) is 0 Å². The Hall–Kier alpha value is -1.26. The molecule has 0 unspecified atom stereocenters. The lowest BCUT2D eigenvalue weighted by Gasteiger charge is -2.18. The standard InChI is InChI=1S/C6H13N5/c1-4(2)11(3)6-8-5(7)9-10-6/h4H,1-3H3,(H3,7,8,9,10). The van der Waals surface area contributed by atoms with Gasteiger partial charge in [-0.1, -0.05) is 0 Å². The van der Waals surface area contributed by atoms with E-state index in [0.717, 1.165) is 0 Å². The predicted octanol–water partition coefficient (Wildman–Crippen LogP) is 0.231. The van der Waals surface area contributed by atoms with Crippen molar-refractivity contribution in [3.63, 3.8) is 0 Å². The Morgan fingerprint density at radius 3 is 2.55 bits per heavy atom. The largest absolute Gasteiger partial charge is 0.368 e. The van der Waals surface area contributed by atoms with E-state index in [4.69, 9.17) is 5.73 Å². The summed E-state index contributed by atoms with van der Waals surface area (Å²) in [7, 11) is 1.92. The Balaban J connectivity index is 2.76. The molecule has 1 rings (SSSR count). The fourth-order valence-corrected chi connectivity index (χ4v) is 0.654. The first-order chi connectivity index (χ1) is 5.11. The number of anilines is 2. The summed E-state index contributed by atoms with van der Waals surface area (Å²) < 4.78 is 0. The predicted molar refractivity (Wildman–Crippen MR) is 44.3 cm³/mol. The van der Waals surface area contributed by atoms with Gasteiger partial charge in [-0.15, -0.1) is 5.10 Å². The summed E-state index contributed by atoms with van der Waals surface area (Å²) in [6, 6.07) is 0.380. The first-order valence-corrected chi connectivity index (χ1v) is 3.52. The lowest BCUT2D eigenvalue weighted by Crippen LogP contribution is -2.26. The van der Waals surface area contributed by atoms with Crippen molar-refractivity contribution in [3.05, 3.63) is 0 Å². The quantitative estimate of drug-likeness (QED) is 0.641. The first kappa shape index (κ1) is 7.84. The summed E-state index contributed by atoms with van der Waals surface area (Å²) in [5.41, 5.74) is 5.36. The van der Waals surface area contributed by atoms with Gasteiger partial charge in [0.1, 0.15) is 0 Å². The third-order valence-electron chi connectivity index (χ3n) is 1.58. The molecule has 0 fully saturated rings. The van der Waals surface area contributed by atoms with E-state index in [9.17, 15) is 0 Å². The maximum absolute atomic E-state index is 5.36. The summed E-state index contributed by atoms with van der Waals surface area (Å²) in [4.78, 5) is 5.91.